The number of hydrogen-bond acceptors (Lipinski definition) is 4. The molecule has 2 aliphatic rings. The summed E-state index contributed by atoms with van der Waals surface area (Å²) in [7, 11) is 4.24. The van der Waals surface area contributed by atoms with Gasteiger partial charge in [-0.1, -0.05) is 0 Å². The second-order valence-corrected chi connectivity index (χ2v) is 8.96. The van der Waals surface area contributed by atoms with E-state index in [1.807, 2.05) is 12.1 Å². The molecule has 1 N–H and O–H groups in total. The van der Waals surface area contributed by atoms with E-state index in [-0.39, 0.29) is 23.5 Å². The van der Waals surface area contributed by atoms with Gasteiger partial charge in [0.05, 0.1) is 0 Å². The van der Waals surface area contributed by atoms with E-state index in [4.69, 9.17) is 0 Å². The Morgan fingerprint density at radius 1 is 0.938 bits per heavy atom. The van der Waals surface area contributed by atoms with E-state index in [0.29, 0.717) is 37.5 Å². The van der Waals surface area contributed by atoms with Gasteiger partial charge in [0, 0.05) is 55.1 Å². The molecule has 0 saturated carbocycles. The van der Waals surface area contributed by atoms with Gasteiger partial charge in [0.15, 0.2) is 5.78 Å². The van der Waals surface area contributed by atoms with Gasteiger partial charge in [0.2, 0.25) is 0 Å². The summed E-state index contributed by atoms with van der Waals surface area (Å²) < 4.78 is 13.1. The number of likely N-dealkylation sites (N-methyl/N-ethyl adjacent to an activating group) is 1. The maximum absolute atomic E-state index is 13.1. The van der Waals surface area contributed by atoms with E-state index in [1.165, 1.54) is 30.0 Å². The molecule has 2 amide bonds. The second kappa shape index (κ2) is 9.69. The fourth-order valence-corrected chi connectivity index (χ4v) is 4.55. The Bertz CT molecular complexity index is 937. The molecule has 4 rings (SSSR count). The lowest BCUT2D eigenvalue weighted by atomic mass is 9.89. The number of piperidine rings is 1. The van der Waals surface area contributed by atoms with Crippen molar-refractivity contribution in [1.29, 1.82) is 0 Å². The normalized spacial score (nSPS) is 19.4. The minimum Gasteiger partial charge on any atom is -0.370 e. The van der Waals surface area contributed by atoms with Crippen LogP contribution in [0.3, 0.4) is 0 Å². The first-order chi connectivity index (χ1) is 15.4. The van der Waals surface area contributed by atoms with Crippen molar-refractivity contribution < 1.29 is 14.0 Å². The third-order valence-corrected chi connectivity index (χ3v) is 6.66. The molecule has 2 heterocycles. The van der Waals surface area contributed by atoms with E-state index in [2.05, 4.69) is 41.3 Å². The molecule has 2 fully saturated rings. The molecule has 2 aromatic carbocycles. The number of benzene rings is 2. The van der Waals surface area contributed by atoms with Gasteiger partial charge in [-0.25, -0.2) is 9.18 Å². The molecule has 0 bridgehead atoms. The summed E-state index contributed by atoms with van der Waals surface area (Å²) in [5.74, 6) is -0.450. The van der Waals surface area contributed by atoms with Gasteiger partial charge < -0.3 is 20.0 Å². The number of nitrogens with one attached hydrogen (secondary N) is 1. The Labute approximate surface area is 189 Å². The van der Waals surface area contributed by atoms with Gasteiger partial charge in [0.1, 0.15) is 5.82 Å². The maximum atomic E-state index is 13.1. The number of anilines is 2. The largest absolute Gasteiger partial charge is 0.370 e. The minimum absolute atomic E-state index is 0.0269. The zero-order valence-electron chi connectivity index (χ0n) is 18.8. The second-order valence-electron chi connectivity index (χ2n) is 8.96. The van der Waals surface area contributed by atoms with Gasteiger partial charge in [0.25, 0.3) is 0 Å². The monoisotopic (exact) mass is 438 g/mol. The lowest BCUT2D eigenvalue weighted by Crippen LogP contribution is -2.42. The summed E-state index contributed by atoms with van der Waals surface area (Å²) in [4.78, 5) is 31.7. The smallest absolute Gasteiger partial charge is 0.321 e. The van der Waals surface area contributed by atoms with Crippen molar-refractivity contribution in [2.75, 3.05) is 50.5 Å². The van der Waals surface area contributed by atoms with Crippen LogP contribution in [-0.4, -0.2) is 67.9 Å². The van der Waals surface area contributed by atoms with Crippen molar-refractivity contribution in [2.24, 2.45) is 5.92 Å². The first kappa shape index (κ1) is 22.3. The molecular weight excluding hydrogens is 407 g/mol. The third kappa shape index (κ3) is 5.10. The highest BCUT2D eigenvalue weighted by Crippen LogP contribution is 2.25. The van der Waals surface area contributed by atoms with Crippen molar-refractivity contribution in [1.82, 2.24) is 9.80 Å². The zero-order chi connectivity index (χ0) is 22.7. The Balaban J connectivity index is 1.27. The summed E-state index contributed by atoms with van der Waals surface area (Å²) >= 11 is 0. The number of hydrogen-bond donors (Lipinski definition) is 1. The molecule has 0 aromatic heterocycles. The number of ketones is 1. The SMILES string of the molecule is CN(C)C1CCN(c2ccc(NC(=O)N3CCC(C(=O)c4ccc(F)cc4)CC3)cc2)C1. The van der Waals surface area contributed by atoms with Crippen LogP contribution in [0, 0.1) is 11.7 Å². The Hall–Kier alpha value is -2.93. The molecule has 6 nitrogen and oxygen atoms in total. The lowest BCUT2D eigenvalue weighted by Gasteiger charge is -2.31. The Morgan fingerprint density at radius 3 is 2.19 bits per heavy atom. The highest BCUT2D eigenvalue weighted by Gasteiger charge is 2.28. The molecule has 0 spiro atoms. The van der Waals surface area contributed by atoms with Crippen LogP contribution >= 0.6 is 0 Å². The molecule has 0 radical (unpaired) electrons. The average molecular weight is 439 g/mol. The summed E-state index contributed by atoms with van der Waals surface area (Å²) in [6.45, 7) is 3.12. The van der Waals surface area contributed by atoms with Crippen LogP contribution < -0.4 is 10.2 Å². The molecule has 1 atom stereocenters. The minimum atomic E-state index is -0.348. The van der Waals surface area contributed by atoms with Crippen LogP contribution in [0.25, 0.3) is 0 Å². The number of likely N-dealkylation sites (tertiary alicyclic amines) is 1. The first-order valence-electron chi connectivity index (χ1n) is 11.3. The van der Waals surface area contributed by atoms with Crippen LogP contribution in [0.4, 0.5) is 20.6 Å². The molecule has 2 aromatic rings. The predicted molar refractivity (Wildman–Crippen MR) is 125 cm³/mol. The number of rotatable bonds is 5. The number of Topliss-reactive ketones (excluding diaryl/α,β-unsaturated/α-hetero) is 1. The van der Waals surface area contributed by atoms with Crippen molar-refractivity contribution in [3.05, 3.63) is 59.9 Å². The molecule has 2 saturated heterocycles. The summed E-state index contributed by atoms with van der Waals surface area (Å²) in [6.07, 6.45) is 2.39. The van der Waals surface area contributed by atoms with E-state index >= 15 is 0 Å². The van der Waals surface area contributed by atoms with Crippen molar-refractivity contribution in [3.63, 3.8) is 0 Å². The molecular formula is C25H31FN4O2. The van der Waals surface area contributed by atoms with Crippen molar-refractivity contribution >= 4 is 23.2 Å². The lowest BCUT2D eigenvalue weighted by molar-refractivity contribution is 0.0859. The molecule has 170 valence electrons. The van der Waals surface area contributed by atoms with E-state index in [1.54, 1.807) is 4.90 Å². The van der Waals surface area contributed by atoms with Gasteiger partial charge in [-0.2, -0.15) is 0 Å². The van der Waals surface area contributed by atoms with Crippen LogP contribution in [-0.2, 0) is 0 Å². The fourth-order valence-electron chi connectivity index (χ4n) is 4.55. The predicted octanol–water partition coefficient (Wildman–Crippen LogP) is 4.09. The molecule has 32 heavy (non-hydrogen) atoms. The van der Waals surface area contributed by atoms with Crippen molar-refractivity contribution in [3.8, 4) is 0 Å². The van der Waals surface area contributed by atoms with Gasteiger partial charge >= 0.3 is 6.03 Å². The van der Waals surface area contributed by atoms with E-state index < -0.39 is 0 Å². The molecule has 0 aliphatic carbocycles. The molecule has 1 unspecified atom stereocenters. The third-order valence-electron chi connectivity index (χ3n) is 6.66. The van der Waals surface area contributed by atoms with Crippen LogP contribution in [0.2, 0.25) is 0 Å². The summed E-state index contributed by atoms with van der Waals surface area (Å²) in [5.41, 5.74) is 2.48. The number of carbonyl (C=O) groups is 2. The van der Waals surface area contributed by atoms with Gasteiger partial charge in [-0.05, 0) is 81.9 Å². The number of halogens is 1. The average Bonchev–Trinajstić information content (AvgIpc) is 3.30. The number of carbonyl (C=O) groups excluding carboxylic acids is 2. The molecule has 7 heteroatoms. The highest BCUT2D eigenvalue weighted by molar-refractivity contribution is 5.98. The van der Waals surface area contributed by atoms with Gasteiger partial charge in [-0.3, -0.25) is 4.79 Å². The Kier molecular flexibility index (Phi) is 6.74. The highest BCUT2D eigenvalue weighted by atomic mass is 19.1. The zero-order valence-corrected chi connectivity index (χ0v) is 18.8. The molecule has 2 aliphatic heterocycles. The first-order valence-corrected chi connectivity index (χ1v) is 11.3. The fraction of sp³-hybridized carbons (Fsp3) is 0.440. The van der Waals surface area contributed by atoms with Gasteiger partial charge in [-0.15, -0.1) is 0 Å². The number of nitrogens with zero attached hydrogens (tertiary/aromatic N) is 3. The summed E-state index contributed by atoms with van der Waals surface area (Å²) in [6, 6.07) is 14.1. The van der Waals surface area contributed by atoms with Crippen LogP contribution in [0.1, 0.15) is 29.6 Å². The van der Waals surface area contributed by atoms with Crippen LogP contribution in [0.5, 0.6) is 0 Å². The van der Waals surface area contributed by atoms with E-state index in [0.717, 1.165) is 25.2 Å². The standard InChI is InChI=1S/C25H31FN4O2/c1-28(2)23-13-16-30(17-23)22-9-7-21(8-10-22)27-25(32)29-14-11-19(12-15-29)24(31)18-3-5-20(26)6-4-18/h3-10,19,23H,11-17H2,1-2H3,(H,27,32). The quantitative estimate of drug-likeness (QED) is 0.715. The summed E-state index contributed by atoms with van der Waals surface area (Å²) in [5, 5.41) is 2.97. The van der Waals surface area contributed by atoms with Crippen LogP contribution in [0.15, 0.2) is 48.5 Å². The maximum Gasteiger partial charge on any atom is 0.321 e. The number of amides is 2. The number of urea groups is 1. The topological polar surface area (TPSA) is 55.9 Å². The van der Waals surface area contributed by atoms with Crippen molar-refractivity contribution in [2.45, 2.75) is 25.3 Å². The van der Waals surface area contributed by atoms with E-state index in [9.17, 15) is 14.0 Å². The Morgan fingerprint density at radius 2 is 1.59 bits per heavy atom.